The summed E-state index contributed by atoms with van der Waals surface area (Å²) < 4.78 is 45.7. The molecule has 0 saturated carbocycles. The third-order valence-corrected chi connectivity index (χ3v) is 0. The van der Waals surface area contributed by atoms with Gasteiger partial charge in [0, 0.05) is 0 Å². The molecule has 0 aliphatic carbocycles. The van der Waals surface area contributed by atoms with Gasteiger partial charge in [0.15, 0.2) is 0 Å². The molecule has 0 spiro atoms. The Morgan fingerprint density at radius 3 is 0.556 bits per heavy atom. The van der Waals surface area contributed by atoms with E-state index in [2.05, 4.69) is 0 Å². The smallest absolute Gasteiger partial charge is 1.00 e. The fourth-order valence-corrected chi connectivity index (χ4v) is 0. The Morgan fingerprint density at radius 1 is 0.556 bits per heavy atom. The maximum atomic E-state index is 8.67. The van der Waals surface area contributed by atoms with Crippen molar-refractivity contribution in [3.63, 3.8) is 0 Å². The molecule has 0 rings (SSSR count). The van der Waals surface area contributed by atoms with Crippen molar-refractivity contribution in [3.05, 3.63) is 0 Å². The van der Waals surface area contributed by atoms with Crippen LogP contribution < -0.4 is 65.3 Å². The zero-order valence-electron chi connectivity index (χ0n) is 11.6. The molecule has 21 N–H and O–H groups in total. The van der Waals surface area contributed by atoms with E-state index in [0.717, 1.165) is 0 Å². The zero-order chi connectivity index (χ0) is 7.15. The minimum absolute atomic E-state index is 0. The van der Waals surface area contributed by atoms with E-state index in [4.69, 9.17) is 26.6 Å². The van der Waals surface area contributed by atoms with Gasteiger partial charge < -0.3 is 47.3 Å². The van der Waals surface area contributed by atoms with Gasteiger partial charge in [-0.2, -0.15) is 8.42 Å². The average molecular weight is 355 g/mol. The summed E-state index contributed by atoms with van der Waals surface area (Å²) in [5.74, 6) is 0. The van der Waals surface area contributed by atoms with Gasteiger partial charge in [-0.05, 0) is 0 Å². The molecule has 0 radical (unpaired) electrons. The molecule has 0 fully saturated rings. The minimum atomic E-state index is -2.61. The summed E-state index contributed by atoms with van der Waals surface area (Å²) in [6.45, 7) is 0. The summed E-state index contributed by atoms with van der Waals surface area (Å²) in [6.07, 6.45) is 0. The van der Waals surface area contributed by atoms with Gasteiger partial charge in [-0.25, -0.2) is 0 Å². The van der Waals surface area contributed by atoms with Gasteiger partial charge in [-0.15, -0.1) is 0 Å². The first-order valence-corrected chi connectivity index (χ1v) is 3.19. The molecule has 18 heteroatoms. The fourth-order valence-electron chi connectivity index (χ4n) is 0. The van der Waals surface area contributed by atoms with Crippen molar-refractivity contribution < 1.29 is 127 Å². The number of hydrogen-bond donors (Lipinski definition) is 5. The Kier molecular flexibility index (Phi) is 623. The number of rotatable bonds is 0. The van der Waals surface area contributed by atoms with Crippen molar-refractivity contribution >= 4 is 22.7 Å². The molecule has 14 nitrogen and oxygen atoms in total. The molecule has 18 heavy (non-hydrogen) atoms. The maximum Gasteiger partial charge on any atom is 1.00 e. The largest absolute Gasteiger partial charge is 1.00 e. The molecule has 0 saturated heterocycles. The van der Waals surface area contributed by atoms with Crippen LogP contribution in [0.15, 0.2) is 0 Å². The normalized spacial score (nSPS) is 3.89. The maximum absolute atomic E-state index is 8.67. The van der Waals surface area contributed by atoms with Crippen LogP contribution in [0.2, 0.25) is 0 Å². The molecule has 0 heterocycles. The van der Waals surface area contributed by atoms with Crippen LogP contribution in [0, 0.1) is 0 Å². The quantitative estimate of drug-likeness (QED) is 0.206. The van der Waals surface area contributed by atoms with Crippen molar-refractivity contribution in [2.75, 3.05) is 0 Å². The van der Waals surface area contributed by atoms with Crippen LogP contribution in [0.1, 0.15) is 2.85 Å². The van der Waals surface area contributed by atoms with Crippen molar-refractivity contribution in [2.24, 2.45) is 0 Å². The SMILES string of the molecule is N.O.O.O.O.O.O.O.O=S(O)O.O=S(O)O.[H-].[H-].[Na+].[Na+]. The summed E-state index contributed by atoms with van der Waals surface area (Å²) in [6, 6.07) is 0. The van der Waals surface area contributed by atoms with Crippen molar-refractivity contribution in [2.45, 2.75) is 0 Å². The standard InChI is InChI=1S/H3N.2Na.2H2O3S.7H2O.2H/c;;;2*1-4(2)3;;;;;;;;;/h1H3;;;2*(H2,1,2,3);7*1H2;;/q;2*+1;;;;;;;;;;2*-1. The third-order valence-electron chi connectivity index (χ3n) is 0. The van der Waals surface area contributed by atoms with Gasteiger partial charge in [-0.1, -0.05) is 0 Å². The van der Waals surface area contributed by atoms with Crippen LogP contribution in [0.5, 0.6) is 0 Å². The molecule has 0 aliphatic rings. The average Bonchev–Trinajstić information content (AvgIpc) is 1.25. The molecule has 0 atom stereocenters. The Bertz CT molecular complexity index is 90.4. The second kappa shape index (κ2) is 97.7. The second-order valence-electron chi connectivity index (χ2n) is 0.461. The van der Waals surface area contributed by atoms with E-state index in [0.29, 0.717) is 0 Å². The molecule has 0 aromatic carbocycles. The van der Waals surface area contributed by atoms with Gasteiger partial charge in [0.1, 0.15) is 0 Å². The van der Waals surface area contributed by atoms with Gasteiger partial charge in [0.2, 0.25) is 0 Å². The Hall–Kier alpha value is 1.82. The summed E-state index contributed by atoms with van der Waals surface area (Å²) in [7, 11) is 0. The second-order valence-corrected chi connectivity index (χ2v) is 1.38. The first-order valence-electron chi connectivity index (χ1n) is 1.06. The summed E-state index contributed by atoms with van der Waals surface area (Å²) >= 11 is -5.22. The first kappa shape index (κ1) is 115. The third kappa shape index (κ3) is 1520. The Balaban J connectivity index is -0.00000000187. The van der Waals surface area contributed by atoms with Crippen LogP contribution in [-0.2, 0) is 22.7 Å². The zero-order valence-corrected chi connectivity index (χ0v) is 15.3. The molecular formula is H23NNa2O13S2. The molecule has 0 amide bonds. The van der Waals surface area contributed by atoms with Gasteiger partial charge in [0.05, 0.1) is 0 Å². The fraction of sp³-hybridized carbons (Fsp3) is 0. The molecule has 0 unspecified atom stereocenters. The molecular weight excluding hydrogens is 332 g/mol. The molecule has 0 aromatic heterocycles. The molecule has 0 bridgehead atoms. The van der Waals surface area contributed by atoms with Crippen molar-refractivity contribution in [1.29, 1.82) is 0 Å². The van der Waals surface area contributed by atoms with Gasteiger partial charge in [-0.3, -0.25) is 18.2 Å². The van der Waals surface area contributed by atoms with Crippen molar-refractivity contribution in [3.8, 4) is 0 Å². The van der Waals surface area contributed by atoms with Crippen molar-refractivity contribution in [1.82, 2.24) is 6.15 Å². The molecule has 0 aromatic rings. The van der Waals surface area contributed by atoms with E-state index >= 15 is 0 Å². The monoisotopic (exact) mass is 355 g/mol. The summed E-state index contributed by atoms with van der Waals surface area (Å²) in [4.78, 5) is 0. The van der Waals surface area contributed by atoms with Crippen LogP contribution in [0.25, 0.3) is 0 Å². The topological polar surface area (TPSA) is 371 Å². The van der Waals surface area contributed by atoms with Crippen LogP contribution >= 0.6 is 0 Å². The van der Waals surface area contributed by atoms with E-state index in [1.165, 1.54) is 0 Å². The van der Waals surface area contributed by atoms with Crippen LogP contribution in [0.3, 0.4) is 0 Å². The van der Waals surface area contributed by atoms with Crippen LogP contribution in [0.4, 0.5) is 0 Å². The number of hydrogen-bond acceptors (Lipinski definition) is 3. The first-order chi connectivity index (χ1) is 3.46. The van der Waals surface area contributed by atoms with Gasteiger partial charge >= 0.3 is 59.1 Å². The van der Waals surface area contributed by atoms with Crippen LogP contribution in [-0.4, -0.2) is 65.0 Å². The van der Waals surface area contributed by atoms with E-state index in [1.54, 1.807) is 0 Å². The molecule has 0 aliphatic heterocycles. The predicted molar refractivity (Wildman–Crippen MR) is 59.3 cm³/mol. The van der Waals surface area contributed by atoms with E-state index < -0.39 is 22.7 Å². The van der Waals surface area contributed by atoms with E-state index in [1.807, 2.05) is 0 Å². The predicted octanol–water partition coefficient (Wildman–Crippen LogP) is -12.0. The molecule has 120 valence electrons. The van der Waals surface area contributed by atoms with E-state index in [9.17, 15) is 0 Å². The summed E-state index contributed by atoms with van der Waals surface area (Å²) in [5.41, 5.74) is 0. The summed E-state index contributed by atoms with van der Waals surface area (Å²) in [5, 5.41) is 0. The Labute approximate surface area is 154 Å². The van der Waals surface area contributed by atoms with E-state index in [-0.39, 0.29) is 106 Å². The Morgan fingerprint density at radius 2 is 0.556 bits per heavy atom. The minimum Gasteiger partial charge on any atom is -1.00 e. The van der Waals surface area contributed by atoms with Gasteiger partial charge in [0.25, 0.3) is 22.7 Å².